The van der Waals surface area contributed by atoms with Crippen LogP contribution < -0.4 is 32.3 Å². The molecule has 1 unspecified atom stereocenters. The Kier molecular flexibility index (Phi) is 13.8. The van der Waals surface area contributed by atoms with Crippen molar-refractivity contribution < 1.29 is 33.4 Å². The van der Waals surface area contributed by atoms with Gasteiger partial charge in [0.1, 0.15) is 18.2 Å². The molecule has 2 atom stereocenters. The summed E-state index contributed by atoms with van der Waals surface area (Å²) in [5, 5.41) is 14.0. The molecule has 1 aliphatic rings. The number of ether oxygens (including phenoxy) is 2. The summed E-state index contributed by atoms with van der Waals surface area (Å²) in [6.45, 7) is 9.94. The van der Waals surface area contributed by atoms with Crippen LogP contribution in [0.25, 0.3) is 11.1 Å². The molecule has 52 heavy (non-hydrogen) atoms. The number of carbonyl (C=O) groups is 5. The summed E-state index contributed by atoms with van der Waals surface area (Å²) in [5.74, 6) is -1.58. The summed E-state index contributed by atoms with van der Waals surface area (Å²) in [6.07, 6.45) is 0.0136. The van der Waals surface area contributed by atoms with E-state index in [1.807, 2.05) is 38.1 Å². The lowest BCUT2D eigenvalue weighted by molar-refractivity contribution is -0.128. The molecule has 0 spiro atoms. The van der Waals surface area contributed by atoms with Gasteiger partial charge in [0.15, 0.2) is 0 Å². The third-order valence-corrected chi connectivity index (χ3v) is 8.44. The molecule has 1 aliphatic carbocycles. The lowest BCUT2D eigenvalue weighted by atomic mass is 9.98. The standard InChI is InChI=1S/C39H50N6O7/c1-24(2)33(41-21-22-43-38(50)51-23-31-29-13-8-6-11-27(29)28-12-7-9-14-30(28)31)35(47)45-32(15-10-20-42-37(40)49)34(46)44-26-18-16-25(17-19-26)36(48)52-39(3,4)5/h6-9,11-14,16-19,24,31-33,41H,10,15,20-23H2,1-5H3,(H,43,50)(H,44,46)(H,45,47)(H3,40,42,49)/t32-,33?/m0/s1. The van der Waals surface area contributed by atoms with Crippen LogP contribution >= 0.6 is 0 Å². The average Bonchev–Trinajstić information content (AvgIpc) is 3.41. The van der Waals surface area contributed by atoms with Crippen LogP contribution in [0.1, 0.15) is 74.9 Å². The zero-order chi connectivity index (χ0) is 37.8. The van der Waals surface area contributed by atoms with E-state index < -0.39 is 47.6 Å². The molecule has 4 rings (SSSR count). The molecule has 7 N–H and O–H groups in total. The summed E-state index contributed by atoms with van der Waals surface area (Å²) in [4.78, 5) is 63.1. The lowest BCUT2D eigenvalue weighted by Gasteiger charge is -2.25. The van der Waals surface area contributed by atoms with Gasteiger partial charge in [-0.15, -0.1) is 0 Å². The van der Waals surface area contributed by atoms with Crippen LogP contribution in [0.2, 0.25) is 0 Å². The quantitative estimate of drug-likeness (QED) is 0.0912. The maximum atomic E-state index is 13.5. The zero-order valence-corrected chi connectivity index (χ0v) is 30.4. The van der Waals surface area contributed by atoms with Crippen LogP contribution in [0.15, 0.2) is 72.8 Å². The number of alkyl carbamates (subject to hydrolysis) is 1. The third kappa shape index (κ3) is 11.3. The summed E-state index contributed by atoms with van der Waals surface area (Å²) < 4.78 is 11.0. The molecule has 0 saturated heterocycles. The molecular weight excluding hydrogens is 664 g/mol. The van der Waals surface area contributed by atoms with Gasteiger partial charge in [-0.2, -0.15) is 0 Å². The van der Waals surface area contributed by atoms with Crippen LogP contribution in [0.3, 0.4) is 0 Å². The fourth-order valence-electron chi connectivity index (χ4n) is 5.98. The number of hydrogen-bond acceptors (Lipinski definition) is 8. The highest BCUT2D eigenvalue weighted by Crippen LogP contribution is 2.44. The minimum atomic E-state index is -0.949. The predicted molar refractivity (Wildman–Crippen MR) is 199 cm³/mol. The van der Waals surface area contributed by atoms with Gasteiger partial charge in [-0.3, -0.25) is 9.59 Å². The van der Waals surface area contributed by atoms with E-state index in [1.165, 1.54) is 0 Å². The molecule has 13 nitrogen and oxygen atoms in total. The van der Waals surface area contributed by atoms with Gasteiger partial charge in [0, 0.05) is 31.2 Å². The van der Waals surface area contributed by atoms with E-state index >= 15 is 0 Å². The van der Waals surface area contributed by atoms with Gasteiger partial charge in [0.2, 0.25) is 11.8 Å². The number of benzene rings is 3. The normalized spacial score (nSPS) is 13.3. The minimum absolute atomic E-state index is 0.0568. The Bertz CT molecular complexity index is 1670. The van der Waals surface area contributed by atoms with Crippen molar-refractivity contribution in [1.82, 2.24) is 21.3 Å². The lowest BCUT2D eigenvalue weighted by Crippen LogP contribution is -2.54. The first-order valence-corrected chi connectivity index (χ1v) is 17.5. The summed E-state index contributed by atoms with van der Waals surface area (Å²) in [5.41, 5.74) is 9.80. The zero-order valence-electron chi connectivity index (χ0n) is 30.4. The summed E-state index contributed by atoms with van der Waals surface area (Å²) >= 11 is 0. The first kappa shape index (κ1) is 39.4. The second kappa shape index (κ2) is 18.2. The molecule has 13 heteroatoms. The Morgan fingerprint density at radius 1 is 0.788 bits per heavy atom. The number of anilines is 1. The van der Waals surface area contributed by atoms with E-state index in [0.717, 1.165) is 22.3 Å². The van der Waals surface area contributed by atoms with Crippen molar-refractivity contribution in [1.29, 1.82) is 0 Å². The van der Waals surface area contributed by atoms with Gasteiger partial charge < -0.3 is 41.8 Å². The predicted octanol–water partition coefficient (Wildman–Crippen LogP) is 4.67. The van der Waals surface area contributed by atoms with Crippen LogP contribution in [0, 0.1) is 5.92 Å². The molecule has 278 valence electrons. The van der Waals surface area contributed by atoms with Crippen LogP contribution in [0.5, 0.6) is 0 Å². The molecular formula is C39H50N6O7. The van der Waals surface area contributed by atoms with Crippen molar-refractivity contribution in [2.75, 3.05) is 31.6 Å². The maximum Gasteiger partial charge on any atom is 0.407 e. The van der Waals surface area contributed by atoms with Crippen LogP contribution in [-0.2, 0) is 19.1 Å². The van der Waals surface area contributed by atoms with Gasteiger partial charge in [-0.05, 0) is 86.1 Å². The highest BCUT2D eigenvalue weighted by Gasteiger charge is 2.30. The first-order chi connectivity index (χ1) is 24.7. The Hall–Kier alpha value is -5.43. The Balaban J connectivity index is 1.29. The van der Waals surface area contributed by atoms with Gasteiger partial charge in [-0.25, -0.2) is 14.4 Å². The molecule has 5 amide bonds. The van der Waals surface area contributed by atoms with Crippen molar-refractivity contribution >= 4 is 35.6 Å². The summed E-state index contributed by atoms with van der Waals surface area (Å²) in [7, 11) is 0. The second-order valence-electron chi connectivity index (χ2n) is 14.0. The molecule has 0 radical (unpaired) electrons. The molecule has 0 fully saturated rings. The molecule has 0 aromatic heterocycles. The second-order valence-corrected chi connectivity index (χ2v) is 14.0. The number of urea groups is 1. The topological polar surface area (TPSA) is 190 Å². The van der Waals surface area contributed by atoms with Gasteiger partial charge in [-0.1, -0.05) is 62.4 Å². The smallest absolute Gasteiger partial charge is 0.407 e. The van der Waals surface area contributed by atoms with Crippen molar-refractivity contribution in [3.63, 3.8) is 0 Å². The van der Waals surface area contributed by atoms with E-state index in [2.05, 4.69) is 50.8 Å². The number of amides is 5. The summed E-state index contributed by atoms with van der Waals surface area (Å²) in [6, 6.07) is 20.1. The van der Waals surface area contributed by atoms with Crippen LogP contribution in [0.4, 0.5) is 15.3 Å². The van der Waals surface area contributed by atoms with E-state index in [4.69, 9.17) is 15.2 Å². The number of nitrogens with two attached hydrogens (primary N) is 1. The Morgan fingerprint density at radius 3 is 1.98 bits per heavy atom. The fourth-order valence-corrected chi connectivity index (χ4v) is 5.98. The van der Waals surface area contributed by atoms with Gasteiger partial charge in [0.25, 0.3) is 0 Å². The van der Waals surface area contributed by atoms with Gasteiger partial charge >= 0.3 is 18.1 Å². The van der Waals surface area contributed by atoms with Crippen molar-refractivity contribution in [3.05, 3.63) is 89.5 Å². The Morgan fingerprint density at radius 2 is 1.40 bits per heavy atom. The van der Waals surface area contributed by atoms with Crippen LogP contribution in [-0.4, -0.2) is 73.8 Å². The van der Waals surface area contributed by atoms with Crippen molar-refractivity contribution in [2.24, 2.45) is 11.7 Å². The number of fused-ring (bicyclic) bond motifs is 3. The highest BCUT2D eigenvalue weighted by atomic mass is 16.6. The number of hydrogen-bond donors (Lipinski definition) is 6. The SMILES string of the molecule is CC(C)C(NCCNC(=O)OCC1c2ccccc2-c2ccccc21)C(=O)N[C@@H](CCCNC(N)=O)C(=O)Nc1ccc(C(=O)OC(C)(C)C)cc1. The first-order valence-electron chi connectivity index (χ1n) is 17.5. The largest absolute Gasteiger partial charge is 0.456 e. The number of esters is 1. The fraction of sp³-hybridized carbons (Fsp3) is 0.410. The molecule has 0 aliphatic heterocycles. The number of carbonyl (C=O) groups excluding carboxylic acids is 5. The molecule has 0 heterocycles. The average molecular weight is 715 g/mol. The minimum Gasteiger partial charge on any atom is -0.456 e. The van der Waals surface area contributed by atoms with Crippen molar-refractivity contribution in [3.8, 4) is 11.1 Å². The van der Waals surface area contributed by atoms with E-state index in [9.17, 15) is 24.0 Å². The Labute approximate surface area is 304 Å². The molecule has 3 aromatic carbocycles. The van der Waals surface area contributed by atoms with Crippen molar-refractivity contribution in [2.45, 2.75) is 71.1 Å². The number of nitrogens with one attached hydrogen (secondary N) is 5. The molecule has 0 saturated carbocycles. The number of rotatable bonds is 16. The number of primary amides is 1. The van der Waals surface area contributed by atoms with Gasteiger partial charge in [0.05, 0.1) is 11.6 Å². The molecule has 3 aromatic rings. The monoisotopic (exact) mass is 714 g/mol. The van der Waals surface area contributed by atoms with E-state index in [0.29, 0.717) is 17.7 Å². The van der Waals surface area contributed by atoms with E-state index in [-0.39, 0.29) is 44.5 Å². The molecule has 0 bridgehead atoms. The van der Waals surface area contributed by atoms with E-state index in [1.54, 1.807) is 45.0 Å². The highest BCUT2D eigenvalue weighted by molar-refractivity contribution is 5.98. The maximum absolute atomic E-state index is 13.5. The third-order valence-electron chi connectivity index (χ3n) is 8.44.